The molecule has 2 heteroatoms. The Kier molecular flexibility index (Phi) is 1.45. The number of rotatable bonds is 1. The zero-order valence-corrected chi connectivity index (χ0v) is 10.4. The summed E-state index contributed by atoms with van der Waals surface area (Å²) < 4.78 is 0. The van der Waals surface area contributed by atoms with E-state index in [2.05, 4.69) is 22.6 Å². The van der Waals surface area contributed by atoms with Crippen LogP contribution in [0.5, 0.6) is 0 Å². The molecule has 0 aliphatic heterocycles. The largest absolute Gasteiger partial charge is 0.0992 e. The second-order valence-electron chi connectivity index (χ2n) is 8.15. The topological polar surface area (TPSA) is 0 Å². The SMILES string of the molecule is BC(B)(C)C1C2CC3CC4CC1CC34C2. The number of fused-ring (bicyclic) bond motifs is 2. The van der Waals surface area contributed by atoms with Crippen molar-refractivity contribution in [3.63, 3.8) is 0 Å². The van der Waals surface area contributed by atoms with Crippen LogP contribution in [-0.4, -0.2) is 15.7 Å². The van der Waals surface area contributed by atoms with Gasteiger partial charge in [-0.05, 0) is 67.1 Å². The van der Waals surface area contributed by atoms with E-state index >= 15 is 0 Å². The first-order valence-electron chi connectivity index (χ1n) is 7.01. The zero-order valence-electron chi connectivity index (χ0n) is 10.4. The van der Waals surface area contributed by atoms with Crippen molar-refractivity contribution < 1.29 is 0 Å². The summed E-state index contributed by atoms with van der Waals surface area (Å²) >= 11 is 0. The minimum atomic E-state index is 0.572. The van der Waals surface area contributed by atoms with Crippen LogP contribution in [0, 0.1) is 35.0 Å². The quantitative estimate of drug-likeness (QED) is 0.562. The van der Waals surface area contributed by atoms with Crippen molar-refractivity contribution in [1.29, 1.82) is 0 Å². The van der Waals surface area contributed by atoms with Gasteiger partial charge in [-0.15, -0.1) is 0 Å². The van der Waals surface area contributed by atoms with Gasteiger partial charge in [-0.1, -0.05) is 12.1 Å². The van der Waals surface area contributed by atoms with E-state index in [4.69, 9.17) is 0 Å². The molecule has 3 bridgehead atoms. The highest BCUT2D eigenvalue weighted by Gasteiger charge is 2.69. The van der Waals surface area contributed by atoms with Crippen LogP contribution in [0.1, 0.15) is 39.0 Å². The average Bonchev–Trinajstić information content (AvgIpc) is 2.43. The molecule has 0 heterocycles. The van der Waals surface area contributed by atoms with E-state index in [0.29, 0.717) is 5.21 Å². The highest BCUT2D eigenvalue weighted by Crippen LogP contribution is 2.78. The monoisotopic (exact) mass is 200 g/mol. The van der Waals surface area contributed by atoms with Crippen LogP contribution in [0.4, 0.5) is 0 Å². The summed E-state index contributed by atoms with van der Waals surface area (Å²) in [6.07, 6.45) is 8.08. The van der Waals surface area contributed by atoms with Gasteiger partial charge in [-0.3, -0.25) is 0 Å². The van der Waals surface area contributed by atoms with E-state index < -0.39 is 0 Å². The van der Waals surface area contributed by atoms with Gasteiger partial charge in [0.2, 0.25) is 0 Å². The molecule has 4 saturated carbocycles. The second-order valence-corrected chi connectivity index (χ2v) is 8.15. The molecule has 4 aliphatic rings. The fraction of sp³-hybridized carbons (Fsp3) is 1.00. The summed E-state index contributed by atoms with van der Waals surface area (Å²) in [5, 5.41) is 0.572. The second kappa shape index (κ2) is 2.36. The lowest BCUT2D eigenvalue weighted by Crippen LogP contribution is -2.42. The Hall–Kier alpha value is 0.130. The summed E-state index contributed by atoms with van der Waals surface area (Å²) in [5.41, 5.74) is 0.914. The fourth-order valence-corrected chi connectivity index (χ4v) is 6.62. The molecule has 0 nitrogen and oxygen atoms in total. The van der Waals surface area contributed by atoms with Crippen molar-refractivity contribution in [3.8, 4) is 0 Å². The van der Waals surface area contributed by atoms with Crippen LogP contribution in [0.25, 0.3) is 0 Å². The predicted octanol–water partition coefficient (Wildman–Crippen LogP) is 1.46. The molecule has 4 unspecified atom stereocenters. The molecule has 15 heavy (non-hydrogen) atoms. The van der Waals surface area contributed by atoms with E-state index in [-0.39, 0.29) is 0 Å². The van der Waals surface area contributed by atoms with Crippen LogP contribution in [0.2, 0.25) is 5.21 Å². The van der Waals surface area contributed by atoms with Crippen LogP contribution in [0.3, 0.4) is 0 Å². The van der Waals surface area contributed by atoms with Crippen LogP contribution < -0.4 is 0 Å². The standard InChI is InChI=1S/C13H22B2/c1-12(14,15)11-7-2-9-4-10-3-8(11)6-13(9,10)5-7/h7-11H,2-6,14-15H2,1H3. The summed E-state index contributed by atoms with van der Waals surface area (Å²) in [6.45, 7) is 2.49. The van der Waals surface area contributed by atoms with Crippen LogP contribution in [0.15, 0.2) is 0 Å². The third-order valence-electron chi connectivity index (χ3n) is 6.67. The van der Waals surface area contributed by atoms with Gasteiger partial charge in [0.15, 0.2) is 0 Å². The van der Waals surface area contributed by atoms with Gasteiger partial charge in [0.25, 0.3) is 0 Å². The molecule has 4 aliphatic carbocycles. The minimum Gasteiger partial charge on any atom is -0.0840 e. The zero-order chi connectivity index (χ0) is 10.4. The highest BCUT2D eigenvalue weighted by molar-refractivity contribution is 6.39. The molecule has 0 saturated heterocycles. The average molecular weight is 200 g/mol. The molecule has 0 aromatic heterocycles. The van der Waals surface area contributed by atoms with E-state index in [1.165, 1.54) is 11.8 Å². The first-order valence-corrected chi connectivity index (χ1v) is 7.01. The first kappa shape index (κ1) is 9.19. The Morgan fingerprint density at radius 2 is 1.53 bits per heavy atom. The maximum atomic E-state index is 2.49. The smallest absolute Gasteiger partial charge is 0.0840 e. The molecular formula is C13H22B2. The van der Waals surface area contributed by atoms with Gasteiger partial charge in [-0.2, -0.15) is 0 Å². The molecule has 1 spiro atoms. The lowest BCUT2D eigenvalue weighted by molar-refractivity contribution is -0.00207. The van der Waals surface area contributed by atoms with E-state index in [9.17, 15) is 0 Å². The summed E-state index contributed by atoms with van der Waals surface area (Å²) in [6, 6.07) is 0. The maximum Gasteiger partial charge on any atom is 0.0992 e. The van der Waals surface area contributed by atoms with Gasteiger partial charge in [0.05, 0.1) is 15.7 Å². The summed E-state index contributed by atoms with van der Waals surface area (Å²) in [4.78, 5) is 0. The third kappa shape index (κ3) is 0.897. The fourth-order valence-electron chi connectivity index (χ4n) is 6.62. The number of hydrogen-bond acceptors (Lipinski definition) is 0. The van der Waals surface area contributed by atoms with Gasteiger partial charge < -0.3 is 0 Å². The molecule has 0 N–H and O–H groups in total. The maximum absolute atomic E-state index is 2.49. The Bertz CT molecular complexity index is 293. The lowest BCUT2D eigenvalue weighted by atomic mass is 9.43. The Labute approximate surface area is 95.4 Å². The van der Waals surface area contributed by atoms with Crippen molar-refractivity contribution in [1.82, 2.24) is 0 Å². The van der Waals surface area contributed by atoms with Crippen molar-refractivity contribution in [2.24, 2.45) is 35.0 Å². The molecule has 4 atom stereocenters. The van der Waals surface area contributed by atoms with Crippen molar-refractivity contribution in [2.75, 3.05) is 0 Å². The molecule has 0 aromatic carbocycles. The molecule has 0 aromatic rings. The van der Waals surface area contributed by atoms with E-state index in [1.54, 1.807) is 32.1 Å². The molecule has 0 radical (unpaired) electrons. The van der Waals surface area contributed by atoms with Crippen molar-refractivity contribution in [3.05, 3.63) is 0 Å². The molecule has 80 valence electrons. The molecular weight excluding hydrogens is 178 g/mol. The Balaban J connectivity index is 1.76. The Morgan fingerprint density at radius 3 is 2.00 bits per heavy atom. The van der Waals surface area contributed by atoms with Crippen LogP contribution in [-0.2, 0) is 0 Å². The molecule has 0 amide bonds. The van der Waals surface area contributed by atoms with Gasteiger partial charge in [0, 0.05) is 0 Å². The van der Waals surface area contributed by atoms with Gasteiger partial charge >= 0.3 is 0 Å². The normalized spacial score (nSPS) is 60.5. The summed E-state index contributed by atoms with van der Waals surface area (Å²) in [5.74, 6) is 5.62. The predicted molar refractivity (Wildman–Crippen MR) is 68.4 cm³/mol. The van der Waals surface area contributed by atoms with Crippen molar-refractivity contribution in [2.45, 2.75) is 44.2 Å². The summed E-state index contributed by atoms with van der Waals surface area (Å²) in [7, 11) is 4.99. The van der Waals surface area contributed by atoms with Crippen LogP contribution >= 0.6 is 0 Å². The number of hydrogen-bond donors (Lipinski definition) is 0. The van der Waals surface area contributed by atoms with Crippen molar-refractivity contribution >= 4 is 15.7 Å². The molecule has 4 fully saturated rings. The third-order valence-corrected chi connectivity index (χ3v) is 6.67. The lowest BCUT2D eigenvalue weighted by Gasteiger charge is -2.50. The van der Waals surface area contributed by atoms with E-state index in [1.807, 2.05) is 0 Å². The van der Waals surface area contributed by atoms with Gasteiger partial charge in [-0.25, -0.2) is 0 Å². The van der Waals surface area contributed by atoms with E-state index in [0.717, 1.165) is 23.2 Å². The highest BCUT2D eigenvalue weighted by atomic mass is 14.7. The Morgan fingerprint density at radius 1 is 1.00 bits per heavy atom. The minimum absolute atomic E-state index is 0.572. The van der Waals surface area contributed by atoms with Gasteiger partial charge in [0.1, 0.15) is 0 Å². The first-order chi connectivity index (χ1) is 7.01. The molecule has 4 rings (SSSR count).